The number of H-pyrrole nitrogens is 2. The number of aromatic amines is 2. The number of ether oxygens (including phenoxy) is 1. The second kappa shape index (κ2) is 7.96. The van der Waals surface area contributed by atoms with Crippen molar-refractivity contribution in [3.63, 3.8) is 0 Å². The van der Waals surface area contributed by atoms with Gasteiger partial charge < -0.3 is 9.72 Å². The zero-order valence-electron chi connectivity index (χ0n) is 15.5. The summed E-state index contributed by atoms with van der Waals surface area (Å²) >= 11 is 0. The fourth-order valence-electron chi connectivity index (χ4n) is 3.24. The molecule has 0 saturated carbocycles. The number of methoxy groups -OCH3 is 1. The summed E-state index contributed by atoms with van der Waals surface area (Å²) in [5, 5.41) is 10.9. The number of carbonyl (C=O) groups excluding carboxylic acids is 1. The summed E-state index contributed by atoms with van der Waals surface area (Å²) in [7, 11) is 1.60. The summed E-state index contributed by atoms with van der Waals surface area (Å²) in [4.78, 5) is 19.8. The normalized spacial score (nSPS) is 10.9. The van der Waals surface area contributed by atoms with Crippen molar-refractivity contribution in [2.24, 2.45) is 0 Å². The third-order valence-corrected chi connectivity index (χ3v) is 4.62. The lowest BCUT2D eigenvalue weighted by molar-refractivity contribution is -0.116. The second-order valence-electron chi connectivity index (χ2n) is 6.47. The van der Waals surface area contributed by atoms with Gasteiger partial charge in [0.25, 0.3) is 0 Å². The monoisotopic (exact) mass is 375 g/mol. The number of aromatic nitrogens is 4. The van der Waals surface area contributed by atoms with Crippen LogP contribution in [0.1, 0.15) is 18.4 Å². The zero-order valence-corrected chi connectivity index (χ0v) is 15.5. The van der Waals surface area contributed by atoms with E-state index in [1.807, 2.05) is 48.7 Å². The highest BCUT2D eigenvalue weighted by Crippen LogP contribution is 2.27. The topological polar surface area (TPSA) is 95.7 Å². The Kier molecular flexibility index (Phi) is 5.05. The average molecular weight is 375 g/mol. The van der Waals surface area contributed by atoms with Crippen LogP contribution < -0.4 is 10.1 Å². The van der Waals surface area contributed by atoms with E-state index in [-0.39, 0.29) is 11.9 Å². The number of nitrogens with zero attached hydrogens (tertiary/aromatic N) is 2. The number of anilines is 1. The fourth-order valence-corrected chi connectivity index (χ4v) is 3.24. The molecule has 0 atom stereocenters. The van der Waals surface area contributed by atoms with Gasteiger partial charge in [0.05, 0.1) is 12.7 Å². The molecule has 2 aromatic carbocycles. The van der Waals surface area contributed by atoms with E-state index in [0.29, 0.717) is 18.0 Å². The van der Waals surface area contributed by atoms with Gasteiger partial charge in [-0.1, -0.05) is 30.3 Å². The largest absolute Gasteiger partial charge is 0.496 e. The Morgan fingerprint density at radius 2 is 1.96 bits per heavy atom. The molecule has 3 N–H and O–H groups in total. The fraction of sp³-hybridized carbons (Fsp3) is 0.190. The van der Waals surface area contributed by atoms with Gasteiger partial charge in [0.1, 0.15) is 5.75 Å². The van der Waals surface area contributed by atoms with Crippen molar-refractivity contribution in [1.82, 2.24) is 20.2 Å². The molecule has 7 nitrogen and oxygen atoms in total. The molecule has 28 heavy (non-hydrogen) atoms. The molecule has 142 valence electrons. The van der Waals surface area contributed by atoms with Gasteiger partial charge in [-0.3, -0.25) is 15.2 Å². The molecule has 0 saturated heterocycles. The third kappa shape index (κ3) is 3.73. The van der Waals surface area contributed by atoms with Crippen molar-refractivity contribution < 1.29 is 9.53 Å². The molecule has 0 radical (unpaired) electrons. The maximum absolute atomic E-state index is 12.2. The molecule has 0 aliphatic carbocycles. The van der Waals surface area contributed by atoms with Crippen LogP contribution in [0.4, 0.5) is 5.95 Å². The second-order valence-corrected chi connectivity index (χ2v) is 6.47. The van der Waals surface area contributed by atoms with Gasteiger partial charge in [-0.15, -0.1) is 5.10 Å². The lowest BCUT2D eigenvalue weighted by Gasteiger charge is -2.04. The first-order valence-corrected chi connectivity index (χ1v) is 9.15. The number of aryl methyl sites for hydroxylation is 1. The van der Waals surface area contributed by atoms with Crippen LogP contribution in [0.15, 0.2) is 54.7 Å². The van der Waals surface area contributed by atoms with Crippen LogP contribution in [0.2, 0.25) is 0 Å². The number of fused-ring (bicyclic) bond motifs is 1. The van der Waals surface area contributed by atoms with Crippen molar-refractivity contribution in [1.29, 1.82) is 0 Å². The number of nitrogens with one attached hydrogen (secondary N) is 3. The predicted molar refractivity (Wildman–Crippen MR) is 108 cm³/mol. The van der Waals surface area contributed by atoms with Crippen LogP contribution in [0.5, 0.6) is 5.75 Å². The highest BCUT2D eigenvalue weighted by atomic mass is 16.5. The predicted octanol–water partition coefficient (Wildman–Crippen LogP) is 3.92. The van der Waals surface area contributed by atoms with Crippen LogP contribution >= 0.6 is 0 Å². The zero-order chi connectivity index (χ0) is 19.3. The van der Waals surface area contributed by atoms with E-state index in [1.165, 1.54) is 10.9 Å². The molecule has 0 bridgehead atoms. The number of rotatable bonds is 7. The quantitative estimate of drug-likeness (QED) is 0.456. The van der Waals surface area contributed by atoms with Gasteiger partial charge in [0.2, 0.25) is 11.9 Å². The lowest BCUT2D eigenvalue weighted by Crippen LogP contribution is -2.12. The van der Waals surface area contributed by atoms with E-state index in [0.717, 1.165) is 23.9 Å². The standard InChI is InChI=1S/C21H21N5O2/c1-28-18-11-5-3-9-16(18)20-24-21(26-25-20)23-19(27)12-6-7-14-13-22-17-10-4-2-8-15(14)17/h2-5,8-11,13,22H,6-7,12H2,1H3,(H2,23,24,25,26,27). The molecule has 0 spiro atoms. The van der Waals surface area contributed by atoms with Crippen molar-refractivity contribution >= 4 is 22.8 Å². The number of para-hydroxylation sites is 2. The van der Waals surface area contributed by atoms with Gasteiger partial charge in [-0.2, -0.15) is 4.98 Å². The van der Waals surface area contributed by atoms with Gasteiger partial charge in [-0.05, 0) is 36.6 Å². The summed E-state index contributed by atoms with van der Waals surface area (Å²) < 4.78 is 5.33. The minimum atomic E-state index is -0.106. The molecule has 0 unspecified atom stereocenters. The Labute approximate surface area is 162 Å². The molecule has 4 rings (SSSR count). The van der Waals surface area contributed by atoms with Gasteiger partial charge in [0.15, 0.2) is 5.82 Å². The molecule has 0 aliphatic rings. The molecule has 4 aromatic rings. The summed E-state index contributed by atoms with van der Waals surface area (Å²) in [6, 6.07) is 15.7. The average Bonchev–Trinajstić information content (AvgIpc) is 3.35. The Bertz CT molecular complexity index is 1100. The summed E-state index contributed by atoms with van der Waals surface area (Å²) in [5.74, 6) is 1.39. The van der Waals surface area contributed by atoms with Crippen LogP contribution in [0.3, 0.4) is 0 Å². The number of carbonyl (C=O) groups is 1. The molecule has 7 heteroatoms. The third-order valence-electron chi connectivity index (χ3n) is 4.62. The van der Waals surface area contributed by atoms with E-state index in [4.69, 9.17) is 4.74 Å². The maximum atomic E-state index is 12.2. The van der Waals surface area contributed by atoms with E-state index < -0.39 is 0 Å². The Morgan fingerprint density at radius 3 is 2.86 bits per heavy atom. The Morgan fingerprint density at radius 1 is 1.14 bits per heavy atom. The Balaban J connectivity index is 1.34. The summed E-state index contributed by atoms with van der Waals surface area (Å²) in [6.45, 7) is 0. The SMILES string of the molecule is COc1ccccc1-c1nc(NC(=O)CCCc2c[nH]c3ccccc23)n[nH]1. The number of hydrogen-bond acceptors (Lipinski definition) is 4. The molecular weight excluding hydrogens is 354 g/mol. The lowest BCUT2D eigenvalue weighted by atomic mass is 10.1. The van der Waals surface area contributed by atoms with E-state index in [1.54, 1.807) is 7.11 Å². The van der Waals surface area contributed by atoms with Crippen LogP contribution in [-0.2, 0) is 11.2 Å². The number of amides is 1. The van der Waals surface area contributed by atoms with E-state index >= 15 is 0 Å². The van der Waals surface area contributed by atoms with Crippen molar-refractivity contribution in [3.8, 4) is 17.1 Å². The van der Waals surface area contributed by atoms with E-state index in [2.05, 4.69) is 31.5 Å². The van der Waals surface area contributed by atoms with Gasteiger partial charge in [-0.25, -0.2) is 0 Å². The first kappa shape index (κ1) is 17.8. The first-order chi connectivity index (χ1) is 13.7. The van der Waals surface area contributed by atoms with E-state index in [9.17, 15) is 4.79 Å². The maximum Gasteiger partial charge on any atom is 0.249 e. The molecule has 1 amide bonds. The molecule has 0 aliphatic heterocycles. The molecule has 2 aromatic heterocycles. The van der Waals surface area contributed by atoms with Crippen molar-refractivity contribution in [2.45, 2.75) is 19.3 Å². The highest BCUT2D eigenvalue weighted by molar-refractivity contribution is 5.89. The van der Waals surface area contributed by atoms with Crippen LogP contribution in [0.25, 0.3) is 22.3 Å². The van der Waals surface area contributed by atoms with Crippen LogP contribution in [-0.4, -0.2) is 33.2 Å². The Hall–Kier alpha value is -3.61. The summed E-state index contributed by atoms with van der Waals surface area (Å²) in [5.41, 5.74) is 3.13. The van der Waals surface area contributed by atoms with Crippen molar-refractivity contribution in [2.75, 3.05) is 12.4 Å². The smallest absolute Gasteiger partial charge is 0.249 e. The van der Waals surface area contributed by atoms with Gasteiger partial charge >= 0.3 is 0 Å². The van der Waals surface area contributed by atoms with Crippen molar-refractivity contribution in [3.05, 3.63) is 60.3 Å². The number of benzene rings is 2. The first-order valence-electron chi connectivity index (χ1n) is 9.15. The molecule has 2 heterocycles. The number of hydrogen-bond donors (Lipinski definition) is 3. The molecular formula is C21H21N5O2. The minimum absolute atomic E-state index is 0.106. The minimum Gasteiger partial charge on any atom is -0.496 e. The van der Waals surface area contributed by atoms with Crippen LogP contribution in [0, 0.1) is 0 Å². The highest BCUT2D eigenvalue weighted by Gasteiger charge is 2.12. The summed E-state index contributed by atoms with van der Waals surface area (Å²) in [6.07, 6.45) is 3.99. The molecule has 0 fully saturated rings. The van der Waals surface area contributed by atoms with Gasteiger partial charge in [0, 0.05) is 23.5 Å².